The third kappa shape index (κ3) is 6.28. The molecule has 0 aliphatic heterocycles. The lowest BCUT2D eigenvalue weighted by atomic mass is 10.0. The summed E-state index contributed by atoms with van der Waals surface area (Å²) in [5, 5.41) is 4.48. The lowest BCUT2D eigenvalue weighted by molar-refractivity contribution is 0.335. The van der Waals surface area contributed by atoms with Crippen LogP contribution in [0.4, 0.5) is 0 Å². The van der Waals surface area contributed by atoms with Crippen molar-refractivity contribution in [2.45, 2.75) is 70.7 Å². The molecule has 1 aromatic carbocycles. The van der Waals surface area contributed by atoms with Gasteiger partial charge in [-0.3, -0.25) is 4.79 Å². The predicted octanol–water partition coefficient (Wildman–Crippen LogP) is 5.86. The van der Waals surface area contributed by atoms with Crippen LogP contribution in [0.2, 0.25) is 5.02 Å². The summed E-state index contributed by atoms with van der Waals surface area (Å²) in [7, 11) is 0. The predicted molar refractivity (Wildman–Crippen MR) is 119 cm³/mol. The van der Waals surface area contributed by atoms with Crippen molar-refractivity contribution in [1.29, 1.82) is 0 Å². The van der Waals surface area contributed by atoms with Crippen molar-refractivity contribution in [2.75, 3.05) is 12.4 Å². The van der Waals surface area contributed by atoms with E-state index in [1.165, 1.54) is 41.3 Å². The van der Waals surface area contributed by atoms with E-state index in [9.17, 15) is 4.79 Å². The largest absolute Gasteiger partial charge is 0.492 e. The number of halogens is 1. The zero-order valence-corrected chi connectivity index (χ0v) is 19.1. The van der Waals surface area contributed by atoms with Crippen LogP contribution in [0.3, 0.4) is 0 Å². The molecule has 0 aliphatic carbocycles. The van der Waals surface area contributed by atoms with Crippen LogP contribution in [0.15, 0.2) is 34.1 Å². The second kappa shape index (κ2) is 10.4. The molecule has 0 radical (unpaired) electrons. The van der Waals surface area contributed by atoms with Crippen molar-refractivity contribution in [3.63, 3.8) is 0 Å². The molecule has 0 unspecified atom stereocenters. The van der Waals surface area contributed by atoms with E-state index < -0.39 is 5.54 Å². The summed E-state index contributed by atoms with van der Waals surface area (Å²) >= 11 is 7.75. The SMILES string of the molecule is CCCCCc1ccc(OCCSc2cnn(C(C)(C)C)c(=O)c2Cl)c(C)c1. The number of benzene rings is 1. The maximum Gasteiger partial charge on any atom is 0.287 e. The zero-order chi connectivity index (χ0) is 20.7. The van der Waals surface area contributed by atoms with E-state index >= 15 is 0 Å². The summed E-state index contributed by atoms with van der Waals surface area (Å²) in [6, 6.07) is 6.42. The van der Waals surface area contributed by atoms with Gasteiger partial charge in [-0.25, -0.2) is 4.68 Å². The van der Waals surface area contributed by atoms with Gasteiger partial charge in [-0.15, -0.1) is 11.8 Å². The highest BCUT2D eigenvalue weighted by atomic mass is 35.5. The Morgan fingerprint density at radius 2 is 2.00 bits per heavy atom. The number of rotatable bonds is 9. The van der Waals surface area contributed by atoms with Gasteiger partial charge in [-0.2, -0.15) is 5.10 Å². The van der Waals surface area contributed by atoms with Crippen LogP contribution in [0, 0.1) is 6.92 Å². The summed E-state index contributed by atoms with van der Waals surface area (Å²) in [6.45, 7) is 10.6. The van der Waals surface area contributed by atoms with Gasteiger partial charge in [0.05, 0.1) is 23.2 Å². The van der Waals surface area contributed by atoms with Gasteiger partial charge in [0.25, 0.3) is 5.56 Å². The van der Waals surface area contributed by atoms with Crippen LogP contribution in [0.5, 0.6) is 5.75 Å². The molecule has 1 aromatic heterocycles. The number of hydrogen-bond donors (Lipinski definition) is 0. The van der Waals surface area contributed by atoms with Gasteiger partial charge < -0.3 is 4.74 Å². The van der Waals surface area contributed by atoms with Gasteiger partial charge in [-0.1, -0.05) is 43.5 Å². The maximum atomic E-state index is 12.4. The van der Waals surface area contributed by atoms with Crippen LogP contribution in [-0.2, 0) is 12.0 Å². The van der Waals surface area contributed by atoms with Gasteiger partial charge in [-0.05, 0) is 57.7 Å². The van der Waals surface area contributed by atoms with Crippen LogP contribution in [0.1, 0.15) is 58.1 Å². The van der Waals surface area contributed by atoms with Crippen molar-refractivity contribution < 1.29 is 4.74 Å². The van der Waals surface area contributed by atoms with E-state index in [-0.39, 0.29) is 10.6 Å². The molecule has 1 heterocycles. The molecular weight excluding hydrogens is 392 g/mol. The third-order valence-electron chi connectivity index (χ3n) is 4.43. The standard InChI is InChI=1S/C22H31ClN2O2S/c1-6-7-8-9-17-10-11-18(16(2)14-17)27-12-13-28-19-15-24-25(22(3,4)5)21(26)20(19)23/h10-11,14-15H,6-9,12-13H2,1-5H3. The van der Waals surface area contributed by atoms with Gasteiger partial charge in [0.15, 0.2) is 0 Å². The molecule has 28 heavy (non-hydrogen) atoms. The molecule has 0 bridgehead atoms. The van der Waals surface area contributed by atoms with Crippen LogP contribution in [0.25, 0.3) is 0 Å². The molecule has 0 spiro atoms. The quantitative estimate of drug-likeness (QED) is 0.374. The van der Waals surface area contributed by atoms with Gasteiger partial charge in [0, 0.05) is 5.75 Å². The first-order valence-corrected chi connectivity index (χ1v) is 11.2. The first-order chi connectivity index (χ1) is 13.2. The number of aromatic nitrogens is 2. The minimum atomic E-state index is -0.396. The number of thioether (sulfide) groups is 1. The Morgan fingerprint density at radius 3 is 2.64 bits per heavy atom. The fraction of sp³-hybridized carbons (Fsp3) is 0.545. The van der Waals surface area contributed by atoms with Crippen LogP contribution in [-0.4, -0.2) is 22.1 Å². The van der Waals surface area contributed by atoms with Crippen molar-refractivity contribution in [1.82, 2.24) is 9.78 Å². The summed E-state index contributed by atoms with van der Waals surface area (Å²) in [5.74, 6) is 1.60. The second-order valence-electron chi connectivity index (χ2n) is 7.96. The Kier molecular flexibility index (Phi) is 8.44. The molecule has 6 heteroatoms. The molecule has 0 fully saturated rings. The number of aryl methyl sites for hydroxylation is 2. The molecule has 2 aromatic rings. The number of hydrogen-bond acceptors (Lipinski definition) is 4. The molecule has 0 saturated carbocycles. The second-order valence-corrected chi connectivity index (χ2v) is 9.48. The molecule has 4 nitrogen and oxygen atoms in total. The Balaban J connectivity index is 1.89. The van der Waals surface area contributed by atoms with Crippen LogP contribution >= 0.6 is 23.4 Å². The molecule has 0 atom stereocenters. The van der Waals surface area contributed by atoms with Crippen molar-refractivity contribution >= 4 is 23.4 Å². The normalized spacial score (nSPS) is 11.6. The third-order valence-corrected chi connectivity index (χ3v) is 5.90. The van der Waals surface area contributed by atoms with Crippen molar-refractivity contribution in [2.24, 2.45) is 0 Å². The molecule has 154 valence electrons. The molecule has 0 N–H and O–H groups in total. The maximum absolute atomic E-state index is 12.4. The molecule has 2 rings (SSSR count). The smallest absolute Gasteiger partial charge is 0.287 e. The summed E-state index contributed by atoms with van der Waals surface area (Å²) < 4.78 is 7.34. The Labute approximate surface area is 177 Å². The molecular formula is C22H31ClN2O2S. The lowest BCUT2D eigenvalue weighted by Crippen LogP contribution is -2.36. The van der Waals surface area contributed by atoms with Crippen molar-refractivity contribution in [3.8, 4) is 5.75 Å². The van der Waals surface area contributed by atoms with Gasteiger partial charge in [0.1, 0.15) is 10.8 Å². The molecule has 0 aliphatic rings. The number of nitrogens with zero attached hydrogens (tertiary/aromatic N) is 2. The molecule has 0 saturated heterocycles. The van der Waals surface area contributed by atoms with E-state index in [4.69, 9.17) is 16.3 Å². The number of unbranched alkanes of at least 4 members (excludes halogenated alkanes) is 2. The van der Waals surface area contributed by atoms with Gasteiger partial charge >= 0.3 is 0 Å². The Hall–Kier alpha value is -1.46. The minimum Gasteiger partial charge on any atom is -0.492 e. The fourth-order valence-corrected chi connectivity index (χ4v) is 3.92. The number of ether oxygens (including phenoxy) is 1. The zero-order valence-electron chi connectivity index (χ0n) is 17.5. The minimum absolute atomic E-state index is 0.225. The lowest BCUT2D eigenvalue weighted by Gasteiger charge is -2.21. The first kappa shape index (κ1) is 22.8. The average molecular weight is 423 g/mol. The summed E-state index contributed by atoms with van der Waals surface area (Å²) in [5.41, 5.74) is 1.87. The topological polar surface area (TPSA) is 44.1 Å². The first-order valence-electron chi connectivity index (χ1n) is 9.87. The van der Waals surface area contributed by atoms with E-state index in [0.717, 1.165) is 17.7 Å². The Bertz CT molecular complexity index is 843. The van der Waals surface area contributed by atoms with E-state index in [1.54, 1.807) is 6.20 Å². The highest BCUT2D eigenvalue weighted by Crippen LogP contribution is 2.25. The highest BCUT2D eigenvalue weighted by molar-refractivity contribution is 7.99. The Morgan fingerprint density at radius 1 is 1.25 bits per heavy atom. The molecule has 0 amide bonds. The summed E-state index contributed by atoms with van der Waals surface area (Å²) in [4.78, 5) is 13.1. The van der Waals surface area contributed by atoms with Crippen molar-refractivity contribution in [3.05, 3.63) is 50.9 Å². The van der Waals surface area contributed by atoms with E-state index in [0.29, 0.717) is 17.3 Å². The summed E-state index contributed by atoms with van der Waals surface area (Å²) in [6.07, 6.45) is 6.52. The van der Waals surface area contributed by atoms with Crippen LogP contribution < -0.4 is 10.3 Å². The van der Waals surface area contributed by atoms with E-state index in [2.05, 4.69) is 37.1 Å². The van der Waals surface area contributed by atoms with E-state index in [1.807, 2.05) is 20.8 Å². The fourth-order valence-electron chi connectivity index (χ4n) is 2.91. The average Bonchev–Trinajstić information content (AvgIpc) is 2.62. The highest BCUT2D eigenvalue weighted by Gasteiger charge is 2.19. The monoisotopic (exact) mass is 422 g/mol. The van der Waals surface area contributed by atoms with Gasteiger partial charge in [0.2, 0.25) is 0 Å².